The van der Waals surface area contributed by atoms with Gasteiger partial charge in [0.15, 0.2) is 0 Å². The van der Waals surface area contributed by atoms with Crippen molar-refractivity contribution in [3.63, 3.8) is 0 Å². The molecule has 0 saturated heterocycles. The summed E-state index contributed by atoms with van der Waals surface area (Å²) in [5.74, 6) is 0.849. The van der Waals surface area contributed by atoms with E-state index in [1.54, 1.807) is 26.1 Å². The molecule has 0 aliphatic heterocycles. The van der Waals surface area contributed by atoms with E-state index < -0.39 is 0 Å². The van der Waals surface area contributed by atoms with E-state index in [9.17, 15) is 4.79 Å². The Morgan fingerprint density at radius 2 is 1.80 bits per heavy atom. The number of nitrogens with zero attached hydrogens (tertiary/aromatic N) is 2. The molecular weight excluding hydrogens is 252 g/mol. The molecule has 0 saturated carbocycles. The minimum absolute atomic E-state index is 0.0258. The number of carbonyl (C=O) groups is 1. The Labute approximate surface area is 119 Å². The highest BCUT2D eigenvalue weighted by molar-refractivity contribution is 5.96. The predicted molar refractivity (Wildman–Crippen MR) is 80.2 cm³/mol. The maximum absolute atomic E-state index is 12.2. The Balaban J connectivity index is 2.47. The number of aromatic nitrogens is 1. The monoisotopic (exact) mass is 272 g/mol. The molecule has 1 aromatic carbocycles. The van der Waals surface area contributed by atoms with Crippen LogP contribution in [0.2, 0.25) is 0 Å². The molecule has 0 N–H and O–H groups in total. The summed E-state index contributed by atoms with van der Waals surface area (Å²) < 4.78 is 7.21. The summed E-state index contributed by atoms with van der Waals surface area (Å²) in [6.45, 7) is 1.96. The molecule has 0 bridgehead atoms. The van der Waals surface area contributed by atoms with Gasteiger partial charge in [-0.15, -0.1) is 0 Å². The number of hydrogen-bond acceptors (Lipinski definition) is 2. The maximum Gasteiger partial charge on any atom is 0.255 e. The summed E-state index contributed by atoms with van der Waals surface area (Å²) in [7, 11) is 7.15. The van der Waals surface area contributed by atoms with Crippen LogP contribution in [-0.4, -0.2) is 36.6 Å². The van der Waals surface area contributed by atoms with E-state index >= 15 is 0 Å². The van der Waals surface area contributed by atoms with Crippen LogP contribution in [0.1, 0.15) is 16.1 Å². The van der Waals surface area contributed by atoms with Crippen LogP contribution in [0.25, 0.3) is 11.3 Å². The van der Waals surface area contributed by atoms with Gasteiger partial charge in [-0.3, -0.25) is 4.79 Å². The van der Waals surface area contributed by atoms with Crippen molar-refractivity contribution in [1.29, 1.82) is 0 Å². The van der Waals surface area contributed by atoms with Gasteiger partial charge in [0.1, 0.15) is 5.75 Å². The second-order valence-electron chi connectivity index (χ2n) is 5.02. The lowest BCUT2D eigenvalue weighted by Gasteiger charge is -2.09. The predicted octanol–water partition coefficient (Wildman–Crippen LogP) is 2.71. The van der Waals surface area contributed by atoms with E-state index in [2.05, 4.69) is 0 Å². The fraction of sp³-hybridized carbons (Fsp3) is 0.312. The Morgan fingerprint density at radius 1 is 1.20 bits per heavy atom. The number of ether oxygens (including phenoxy) is 1. The fourth-order valence-electron chi connectivity index (χ4n) is 2.20. The van der Waals surface area contributed by atoms with Gasteiger partial charge in [0.05, 0.1) is 12.7 Å². The number of hydrogen-bond donors (Lipinski definition) is 0. The quantitative estimate of drug-likeness (QED) is 0.861. The average molecular weight is 272 g/mol. The molecule has 106 valence electrons. The SMILES string of the molecule is COc1ccc(-c2cc(C(=O)N(C)C)c(C)n2C)cc1. The number of benzene rings is 1. The number of methoxy groups -OCH3 is 1. The van der Waals surface area contributed by atoms with Crippen molar-refractivity contribution >= 4 is 5.91 Å². The maximum atomic E-state index is 12.2. The molecular formula is C16H20N2O2. The summed E-state index contributed by atoms with van der Waals surface area (Å²) in [5.41, 5.74) is 3.79. The molecule has 0 aliphatic carbocycles. The van der Waals surface area contributed by atoms with Crippen molar-refractivity contribution in [2.24, 2.45) is 7.05 Å². The highest BCUT2D eigenvalue weighted by Crippen LogP contribution is 2.27. The van der Waals surface area contributed by atoms with Crippen molar-refractivity contribution < 1.29 is 9.53 Å². The average Bonchev–Trinajstić information content (AvgIpc) is 2.75. The zero-order valence-corrected chi connectivity index (χ0v) is 12.6. The largest absolute Gasteiger partial charge is 0.497 e. The van der Waals surface area contributed by atoms with E-state index in [4.69, 9.17) is 4.74 Å². The van der Waals surface area contributed by atoms with Gasteiger partial charge in [0.2, 0.25) is 0 Å². The van der Waals surface area contributed by atoms with Crippen molar-refractivity contribution in [1.82, 2.24) is 9.47 Å². The van der Waals surface area contributed by atoms with Crippen LogP contribution in [0, 0.1) is 6.92 Å². The normalized spacial score (nSPS) is 10.4. The van der Waals surface area contributed by atoms with Gasteiger partial charge in [-0.1, -0.05) is 0 Å². The highest BCUT2D eigenvalue weighted by atomic mass is 16.5. The lowest BCUT2D eigenvalue weighted by Crippen LogP contribution is -2.22. The van der Waals surface area contributed by atoms with E-state index in [0.29, 0.717) is 0 Å². The summed E-state index contributed by atoms with van der Waals surface area (Å²) >= 11 is 0. The van der Waals surface area contributed by atoms with E-state index in [-0.39, 0.29) is 5.91 Å². The number of carbonyl (C=O) groups excluding carboxylic acids is 1. The molecule has 0 fully saturated rings. The molecule has 1 heterocycles. The van der Waals surface area contributed by atoms with Crippen LogP contribution in [0.5, 0.6) is 5.75 Å². The number of rotatable bonds is 3. The molecule has 0 atom stereocenters. The van der Waals surface area contributed by atoms with Gasteiger partial charge in [-0.05, 0) is 42.8 Å². The lowest BCUT2D eigenvalue weighted by molar-refractivity contribution is 0.0827. The Morgan fingerprint density at radius 3 is 2.30 bits per heavy atom. The molecule has 20 heavy (non-hydrogen) atoms. The standard InChI is InChI=1S/C16H20N2O2/c1-11-14(16(19)17(2)3)10-15(18(11)4)12-6-8-13(20-5)9-7-12/h6-10H,1-5H3. The minimum Gasteiger partial charge on any atom is -0.497 e. The summed E-state index contributed by atoms with van der Waals surface area (Å²) in [6.07, 6.45) is 0. The smallest absolute Gasteiger partial charge is 0.255 e. The van der Waals surface area contributed by atoms with Crippen molar-refractivity contribution in [2.75, 3.05) is 21.2 Å². The van der Waals surface area contributed by atoms with Gasteiger partial charge in [-0.25, -0.2) is 0 Å². The summed E-state index contributed by atoms with van der Waals surface area (Å²) in [4.78, 5) is 13.8. The third kappa shape index (κ3) is 2.41. The first-order valence-corrected chi connectivity index (χ1v) is 6.48. The Hall–Kier alpha value is -2.23. The summed E-state index contributed by atoms with van der Waals surface area (Å²) in [5, 5.41) is 0. The lowest BCUT2D eigenvalue weighted by atomic mass is 10.1. The second-order valence-corrected chi connectivity index (χ2v) is 5.02. The first kappa shape index (κ1) is 14.2. The van der Waals surface area contributed by atoms with Gasteiger partial charge in [0.25, 0.3) is 5.91 Å². The molecule has 4 heteroatoms. The molecule has 1 aromatic heterocycles. The summed E-state index contributed by atoms with van der Waals surface area (Å²) in [6, 6.07) is 9.78. The molecule has 2 aromatic rings. The van der Waals surface area contributed by atoms with Crippen LogP contribution in [0.4, 0.5) is 0 Å². The fourth-order valence-corrected chi connectivity index (χ4v) is 2.20. The molecule has 0 spiro atoms. The highest BCUT2D eigenvalue weighted by Gasteiger charge is 2.17. The van der Waals surface area contributed by atoms with Gasteiger partial charge in [0, 0.05) is 32.5 Å². The molecule has 0 radical (unpaired) electrons. The minimum atomic E-state index is 0.0258. The molecule has 2 rings (SSSR count). The zero-order chi connectivity index (χ0) is 14.9. The van der Waals surface area contributed by atoms with Crippen LogP contribution < -0.4 is 4.74 Å². The number of amides is 1. The molecule has 4 nitrogen and oxygen atoms in total. The van der Waals surface area contributed by atoms with Gasteiger partial charge < -0.3 is 14.2 Å². The molecule has 1 amide bonds. The topological polar surface area (TPSA) is 34.5 Å². The van der Waals surface area contributed by atoms with E-state index in [1.165, 1.54) is 0 Å². The first-order valence-electron chi connectivity index (χ1n) is 6.48. The van der Waals surface area contributed by atoms with Crippen molar-refractivity contribution in [3.8, 4) is 17.0 Å². The van der Waals surface area contributed by atoms with Crippen LogP contribution in [0.15, 0.2) is 30.3 Å². The van der Waals surface area contributed by atoms with E-state index in [1.807, 2.05) is 48.9 Å². The van der Waals surface area contributed by atoms with E-state index in [0.717, 1.165) is 28.3 Å². The Bertz CT molecular complexity index is 625. The third-order valence-electron chi connectivity index (χ3n) is 3.56. The van der Waals surface area contributed by atoms with Crippen molar-refractivity contribution in [2.45, 2.75) is 6.92 Å². The van der Waals surface area contributed by atoms with Crippen LogP contribution >= 0.6 is 0 Å². The van der Waals surface area contributed by atoms with Gasteiger partial charge >= 0.3 is 0 Å². The van der Waals surface area contributed by atoms with Gasteiger partial charge in [-0.2, -0.15) is 0 Å². The first-order chi connectivity index (χ1) is 9.45. The van der Waals surface area contributed by atoms with Crippen molar-refractivity contribution in [3.05, 3.63) is 41.6 Å². The molecule has 0 unspecified atom stereocenters. The Kier molecular flexibility index (Phi) is 3.84. The molecule has 0 aliphatic rings. The van der Waals surface area contributed by atoms with Crippen LogP contribution in [0.3, 0.4) is 0 Å². The van der Waals surface area contributed by atoms with Crippen LogP contribution in [-0.2, 0) is 7.05 Å². The second kappa shape index (κ2) is 5.41. The third-order valence-corrected chi connectivity index (χ3v) is 3.56. The zero-order valence-electron chi connectivity index (χ0n) is 12.6.